The van der Waals surface area contributed by atoms with Crippen molar-refractivity contribution in [1.29, 1.82) is 0 Å². The quantitative estimate of drug-likeness (QED) is 0.641. The van der Waals surface area contributed by atoms with Crippen molar-refractivity contribution in [3.05, 3.63) is 59.9 Å². The smallest absolute Gasteiger partial charge is 0.186 e. The van der Waals surface area contributed by atoms with E-state index in [1.54, 1.807) is 18.2 Å². The third kappa shape index (κ3) is 4.86. The Balaban J connectivity index is 1.94. The van der Waals surface area contributed by atoms with Gasteiger partial charge in [-0.15, -0.1) is 10.2 Å². The van der Waals surface area contributed by atoms with Gasteiger partial charge in [-0.05, 0) is 46.1 Å². The Labute approximate surface area is 159 Å². The largest absolute Gasteiger partial charge is 0.368 e. The first-order valence-electron chi connectivity index (χ1n) is 9.00. The third-order valence-corrected chi connectivity index (χ3v) is 4.20. The van der Waals surface area contributed by atoms with Gasteiger partial charge in [-0.25, -0.2) is 9.37 Å². The number of hydrogen-bond donors (Lipinski definition) is 1. The average Bonchev–Trinajstić information content (AvgIpc) is 2.66. The molecule has 3 aromatic rings. The molecule has 0 aliphatic heterocycles. The van der Waals surface area contributed by atoms with Crippen molar-refractivity contribution >= 4 is 5.82 Å². The van der Waals surface area contributed by atoms with Gasteiger partial charge in [0.1, 0.15) is 11.5 Å². The second-order valence-electron chi connectivity index (χ2n) is 6.76. The highest BCUT2D eigenvalue weighted by Crippen LogP contribution is 2.27. The molecule has 0 amide bonds. The van der Waals surface area contributed by atoms with E-state index >= 15 is 0 Å². The van der Waals surface area contributed by atoms with Crippen LogP contribution in [0.5, 0.6) is 0 Å². The Kier molecular flexibility index (Phi) is 6.08. The van der Waals surface area contributed by atoms with E-state index in [-0.39, 0.29) is 11.6 Å². The molecule has 0 unspecified atom stereocenters. The number of anilines is 1. The molecular formula is C21H24FN5. The highest BCUT2D eigenvalue weighted by atomic mass is 19.1. The summed E-state index contributed by atoms with van der Waals surface area (Å²) in [6.45, 7) is 3.74. The summed E-state index contributed by atoms with van der Waals surface area (Å²) >= 11 is 0. The lowest BCUT2D eigenvalue weighted by atomic mass is 10.1. The molecule has 0 atom stereocenters. The SMILES string of the molecule is Cc1ccc(-c2nnc(-c3ccccc3F)nc2NCCCN(C)C)cc1. The fourth-order valence-electron chi connectivity index (χ4n) is 2.71. The zero-order chi connectivity index (χ0) is 19.2. The molecule has 0 saturated heterocycles. The van der Waals surface area contributed by atoms with E-state index in [0.717, 1.165) is 25.1 Å². The van der Waals surface area contributed by atoms with Crippen LogP contribution in [-0.4, -0.2) is 47.3 Å². The van der Waals surface area contributed by atoms with Gasteiger partial charge in [-0.3, -0.25) is 0 Å². The van der Waals surface area contributed by atoms with E-state index in [2.05, 4.69) is 25.4 Å². The Bertz CT molecular complexity index is 893. The van der Waals surface area contributed by atoms with E-state index < -0.39 is 0 Å². The second-order valence-corrected chi connectivity index (χ2v) is 6.76. The number of nitrogens with one attached hydrogen (secondary N) is 1. The molecule has 0 saturated carbocycles. The summed E-state index contributed by atoms with van der Waals surface area (Å²) in [6, 6.07) is 14.5. The predicted molar refractivity (Wildman–Crippen MR) is 107 cm³/mol. The van der Waals surface area contributed by atoms with Gasteiger partial charge in [0.2, 0.25) is 0 Å². The maximum atomic E-state index is 14.1. The van der Waals surface area contributed by atoms with Crippen molar-refractivity contribution in [3.63, 3.8) is 0 Å². The van der Waals surface area contributed by atoms with Crippen molar-refractivity contribution in [2.45, 2.75) is 13.3 Å². The zero-order valence-electron chi connectivity index (χ0n) is 15.9. The number of aromatic nitrogens is 3. The van der Waals surface area contributed by atoms with Crippen LogP contribution in [-0.2, 0) is 0 Å². The summed E-state index contributed by atoms with van der Waals surface area (Å²) in [7, 11) is 4.08. The Hall–Kier alpha value is -2.86. The Morgan fingerprint density at radius 2 is 1.74 bits per heavy atom. The van der Waals surface area contributed by atoms with Crippen molar-refractivity contribution in [1.82, 2.24) is 20.1 Å². The molecule has 1 heterocycles. The average molecular weight is 365 g/mol. The summed E-state index contributed by atoms with van der Waals surface area (Å²) in [6.07, 6.45) is 0.958. The number of rotatable bonds is 7. The molecule has 140 valence electrons. The fourth-order valence-corrected chi connectivity index (χ4v) is 2.71. The van der Waals surface area contributed by atoms with Crippen LogP contribution in [0.15, 0.2) is 48.5 Å². The summed E-state index contributed by atoms with van der Waals surface area (Å²) in [5.41, 5.74) is 3.11. The fraction of sp³-hybridized carbons (Fsp3) is 0.286. The molecule has 6 heteroatoms. The summed E-state index contributed by atoms with van der Waals surface area (Å²) in [5.74, 6) is 0.533. The zero-order valence-corrected chi connectivity index (χ0v) is 15.9. The minimum Gasteiger partial charge on any atom is -0.368 e. The van der Waals surface area contributed by atoms with Gasteiger partial charge in [-0.1, -0.05) is 42.0 Å². The molecule has 0 aliphatic carbocycles. The van der Waals surface area contributed by atoms with E-state index in [4.69, 9.17) is 0 Å². The molecule has 5 nitrogen and oxygen atoms in total. The maximum absolute atomic E-state index is 14.1. The monoisotopic (exact) mass is 365 g/mol. The molecule has 0 spiro atoms. The number of benzene rings is 2. The molecule has 0 radical (unpaired) electrons. The number of nitrogens with zero attached hydrogens (tertiary/aromatic N) is 4. The molecular weight excluding hydrogens is 341 g/mol. The summed E-state index contributed by atoms with van der Waals surface area (Å²) in [4.78, 5) is 6.71. The van der Waals surface area contributed by atoms with Crippen LogP contribution >= 0.6 is 0 Å². The van der Waals surface area contributed by atoms with Gasteiger partial charge < -0.3 is 10.2 Å². The van der Waals surface area contributed by atoms with Crippen LogP contribution in [0, 0.1) is 12.7 Å². The van der Waals surface area contributed by atoms with Crippen molar-refractivity contribution < 1.29 is 4.39 Å². The van der Waals surface area contributed by atoms with Crippen LogP contribution in [0.25, 0.3) is 22.6 Å². The van der Waals surface area contributed by atoms with Crippen LogP contribution in [0.4, 0.5) is 10.2 Å². The van der Waals surface area contributed by atoms with E-state index in [0.29, 0.717) is 17.1 Å². The van der Waals surface area contributed by atoms with Gasteiger partial charge in [0.15, 0.2) is 11.6 Å². The van der Waals surface area contributed by atoms with Crippen LogP contribution < -0.4 is 5.32 Å². The van der Waals surface area contributed by atoms with Crippen molar-refractivity contribution in [3.8, 4) is 22.6 Å². The van der Waals surface area contributed by atoms with Gasteiger partial charge in [-0.2, -0.15) is 0 Å². The molecule has 0 bridgehead atoms. The standard InChI is InChI=1S/C21H24FN5/c1-15-9-11-16(12-10-15)19-21(23-13-6-14-27(2)3)24-20(26-25-19)17-7-4-5-8-18(17)22/h4-5,7-12H,6,13-14H2,1-3H3,(H,23,24,26). The van der Waals surface area contributed by atoms with Gasteiger partial charge in [0, 0.05) is 12.1 Å². The topological polar surface area (TPSA) is 53.9 Å². The number of hydrogen-bond acceptors (Lipinski definition) is 5. The molecule has 3 rings (SSSR count). The Morgan fingerprint density at radius 3 is 2.44 bits per heavy atom. The normalized spacial score (nSPS) is 11.0. The Morgan fingerprint density at radius 1 is 1.00 bits per heavy atom. The van der Waals surface area contributed by atoms with Crippen LogP contribution in [0.2, 0.25) is 0 Å². The van der Waals surface area contributed by atoms with Gasteiger partial charge >= 0.3 is 0 Å². The summed E-state index contributed by atoms with van der Waals surface area (Å²) in [5, 5.41) is 11.9. The molecule has 0 aliphatic rings. The van der Waals surface area contributed by atoms with Crippen molar-refractivity contribution in [2.24, 2.45) is 0 Å². The first-order valence-corrected chi connectivity index (χ1v) is 9.00. The molecule has 0 fully saturated rings. The lowest BCUT2D eigenvalue weighted by Gasteiger charge is -2.13. The predicted octanol–water partition coefficient (Wildman–Crippen LogP) is 4.02. The highest BCUT2D eigenvalue weighted by Gasteiger charge is 2.14. The minimum atomic E-state index is -0.360. The second kappa shape index (κ2) is 8.68. The first kappa shape index (κ1) is 18.9. The number of halogens is 1. The van der Waals surface area contributed by atoms with Gasteiger partial charge in [0.25, 0.3) is 0 Å². The lowest BCUT2D eigenvalue weighted by Crippen LogP contribution is -2.17. The third-order valence-electron chi connectivity index (χ3n) is 4.20. The summed E-state index contributed by atoms with van der Waals surface area (Å²) < 4.78 is 14.1. The minimum absolute atomic E-state index is 0.277. The van der Waals surface area contributed by atoms with Gasteiger partial charge in [0.05, 0.1) is 5.56 Å². The molecule has 27 heavy (non-hydrogen) atoms. The van der Waals surface area contributed by atoms with Crippen LogP contribution in [0.1, 0.15) is 12.0 Å². The molecule has 1 N–H and O–H groups in total. The first-order chi connectivity index (χ1) is 13.0. The maximum Gasteiger partial charge on any atom is 0.186 e. The van der Waals surface area contributed by atoms with Crippen LogP contribution in [0.3, 0.4) is 0 Å². The molecule has 1 aromatic heterocycles. The molecule has 2 aromatic carbocycles. The van der Waals surface area contributed by atoms with Crippen molar-refractivity contribution in [2.75, 3.05) is 32.5 Å². The highest BCUT2D eigenvalue weighted by molar-refractivity contribution is 5.72. The number of aryl methyl sites for hydroxylation is 1. The van der Waals surface area contributed by atoms with E-state index in [9.17, 15) is 4.39 Å². The van der Waals surface area contributed by atoms with E-state index in [1.807, 2.05) is 45.3 Å². The lowest BCUT2D eigenvalue weighted by molar-refractivity contribution is 0.405. The van der Waals surface area contributed by atoms with E-state index in [1.165, 1.54) is 11.6 Å².